The molecule has 0 spiro atoms. The molecular formula is C12H26O5. The van der Waals surface area contributed by atoms with Crippen LogP contribution < -0.4 is 0 Å². The second-order valence-corrected chi connectivity index (χ2v) is 3.26. The molecule has 0 saturated heterocycles. The summed E-state index contributed by atoms with van der Waals surface area (Å²) in [6.45, 7) is 9.85. The lowest BCUT2D eigenvalue weighted by molar-refractivity contribution is -0.275. The molecule has 0 aliphatic heterocycles. The van der Waals surface area contributed by atoms with Crippen LogP contribution in [0.4, 0.5) is 0 Å². The van der Waals surface area contributed by atoms with Crippen molar-refractivity contribution in [3.8, 4) is 0 Å². The van der Waals surface area contributed by atoms with Gasteiger partial charge in [0, 0.05) is 33.5 Å². The Kier molecular flexibility index (Phi) is 10.8. The summed E-state index contributed by atoms with van der Waals surface area (Å²) in [6, 6.07) is 0. The first kappa shape index (κ1) is 16.8. The summed E-state index contributed by atoms with van der Waals surface area (Å²) < 4.78 is 27.4. The standard InChI is InChI=1S/C12H26O5/c1-6-14-11(15-7-2)10(13-5)12(16-8-3)17-9-4/h10-12H,6-9H2,1-5H3. The lowest BCUT2D eigenvalue weighted by Crippen LogP contribution is -2.45. The molecule has 0 bridgehead atoms. The van der Waals surface area contributed by atoms with Crippen molar-refractivity contribution in [2.75, 3.05) is 33.5 Å². The van der Waals surface area contributed by atoms with Gasteiger partial charge < -0.3 is 23.7 Å². The van der Waals surface area contributed by atoms with Crippen molar-refractivity contribution in [1.29, 1.82) is 0 Å². The Hall–Kier alpha value is -0.200. The first-order valence-electron chi connectivity index (χ1n) is 6.24. The van der Waals surface area contributed by atoms with E-state index in [1.807, 2.05) is 27.7 Å². The van der Waals surface area contributed by atoms with Gasteiger partial charge in [-0.3, -0.25) is 0 Å². The molecule has 0 N–H and O–H groups in total. The Morgan fingerprint density at radius 3 is 1.12 bits per heavy atom. The molecule has 0 unspecified atom stereocenters. The minimum atomic E-state index is -0.474. The third-order valence-electron chi connectivity index (χ3n) is 2.13. The highest BCUT2D eigenvalue weighted by Crippen LogP contribution is 2.14. The van der Waals surface area contributed by atoms with Crippen molar-refractivity contribution in [3.63, 3.8) is 0 Å². The van der Waals surface area contributed by atoms with E-state index >= 15 is 0 Å². The highest BCUT2D eigenvalue weighted by molar-refractivity contribution is 4.67. The van der Waals surface area contributed by atoms with Crippen LogP contribution in [0.5, 0.6) is 0 Å². The summed E-state index contributed by atoms with van der Waals surface area (Å²) in [5.41, 5.74) is 0. The van der Waals surface area contributed by atoms with Gasteiger partial charge in [-0.1, -0.05) is 0 Å². The molecule has 17 heavy (non-hydrogen) atoms. The fourth-order valence-electron chi connectivity index (χ4n) is 1.48. The number of ether oxygens (including phenoxy) is 5. The van der Waals surface area contributed by atoms with Crippen molar-refractivity contribution in [2.24, 2.45) is 0 Å². The van der Waals surface area contributed by atoms with Crippen LogP contribution in [0, 0.1) is 0 Å². The van der Waals surface area contributed by atoms with Gasteiger partial charge in [-0.05, 0) is 27.7 Å². The monoisotopic (exact) mass is 250 g/mol. The third kappa shape index (κ3) is 6.33. The fourth-order valence-corrected chi connectivity index (χ4v) is 1.48. The molecule has 0 saturated carbocycles. The molecule has 0 amide bonds. The maximum absolute atomic E-state index is 5.50. The molecule has 0 aliphatic rings. The number of methoxy groups -OCH3 is 1. The van der Waals surface area contributed by atoms with E-state index in [4.69, 9.17) is 23.7 Å². The molecule has 5 heteroatoms. The minimum absolute atomic E-state index is 0.394. The molecule has 0 heterocycles. The van der Waals surface area contributed by atoms with E-state index in [-0.39, 0.29) is 0 Å². The number of hydrogen-bond donors (Lipinski definition) is 0. The maximum atomic E-state index is 5.50. The molecule has 0 aromatic carbocycles. The van der Waals surface area contributed by atoms with E-state index in [1.54, 1.807) is 7.11 Å². The first-order valence-corrected chi connectivity index (χ1v) is 6.24. The van der Waals surface area contributed by atoms with E-state index in [0.717, 1.165) is 0 Å². The van der Waals surface area contributed by atoms with E-state index in [9.17, 15) is 0 Å². The van der Waals surface area contributed by atoms with Crippen molar-refractivity contribution in [1.82, 2.24) is 0 Å². The van der Waals surface area contributed by atoms with Crippen LogP contribution in [-0.2, 0) is 23.7 Å². The fraction of sp³-hybridized carbons (Fsp3) is 1.00. The van der Waals surface area contributed by atoms with Crippen LogP contribution in [0.2, 0.25) is 0 Å². The van der Waals surface area contributed by atoms with E-state index in [1.165, 1.54) is 0 Å². The molecule has 104 valence electrons. The zero-order chi connectivity index (χ0) is 13.1. The van der Waals surface area contributed by atoms with Gasteiger partial charge >= 0.3 is 0 Å². The molecule has 5 nitrogen and oxygen atoms in total. The Morgan fingerprint density at radius 2 is 0.941 bits per heavy atom. The predicted octanol–water partition coefficient (Wildman–Crippen LogP) is 1.80. The quantitative estimate of drug-likeness (QED) is 0.523. The van der Waals surface area contributed by atoms with Crippen LogP contribution in [0.25, 0.3) is 0 Å². The van der Waals surface area contributed by atoms with E-state index < -0.39 is 18.7 Å². The van der Waals surface area contributed by atoms with Crippen molar-refractivity contribution < 1.29 is 23.7 Å². The summed E-state index contributed by atoms with van der Waals surface area (Å²) in [4.78, 5) is 0. The van der Waals surface area contributed by atoms with Crippen LogP contribution in [0.1, 0.15) is 27.7 Å². The van der Waals surface area contributed by atoms with Gasteiger partial charge in [-0.2, -0.15) is 0 Å². The van der Waals surface area contributed by atoms with Crippen LogP contribution in [-0.4, -0.2) is 52.2 Å². The van der Waals surface area contributed by atoms with Crippen molar-refractivity contribution in [2.45, 2.75) is 46.4 Å². The first-order chi connectivity index (χ1) is 8.24. The van der Waals surface area contributed by atoms with Crippen molar-refractivity contribution in [3.05, 3.63) is 0 Å². The second kappa shape index (κ2) is 10.9. The average Bonchev–Trinajstić information content (AvgIpc) is 2.31. The largest absolute Gasteiger partial charge is 0.371 e. The van der Waals surface area contributed by atoms with Gasteiger partial charge in [0.25, 0.3) is 0 Å². The summed E-state index contributed by atoms with van der Waals surface area (Å²) in [6.07, 6.45) is -1.34. The number of rotatable bonds is 11. The second-order valence-electron chi connectivity index (χ2n) is 3.26. The molecular weight excluding hydrogens is 224 g/mol. The van der Waals surface area contributed by atoms with Gasteiger partial charge in [0.1, 0.15) is 0 Å². The highest BCUT2D eigenvalue weighted by Gasteiger charge is 2.32. The molecule has 0 aromatic rings. The van der Waals surface area contributed by atoms with Gasteiger partial charge in [0.2, 0.25) is 0 Å². The molecule has 0 aliphatic carbocycles. The summed E-state index contributed by atoms with van der Waals surface area (Å²) >= 11 is 0. The van der Waals surface area contributed by atoms with Crippen LogP contribution >= 0.6 is 0 Å². The maximum Gasteiger partial charge on any atom is 0.188 e. The molecule has 0 rings (SSSR count). The topological polar surface area (TPSA) is 46.2 Å². The summed E-state index contributed by atoms with van der Waals surface area (Å²) in [5.74, 6) is 0. The Balaban J connectivity index is 4.55. The number of hydrogen-bond acceptors (Lipinski definition) is 5. The zero-order valence-corrected chi connectivity index (χ0v) is 11.6. The summed E-state index contributed by atoms with van der Waals surface area (Å²) in [5, 5.41) is 0. The normalized spacial score (nSPS) is 12.0. The van der Waals surface area contributed by atoms with Gasteiger partial charge in [0.15, 0.2) is 18.7 Å². The average molecular weight is 250 g/mol. The van der Waals surface area contributed by atoms with Crippen LogP contribution in [0.15, 0.2) is 0 Å². The Morgan fingerprint density at radius 1 is 0.647 bits per heavy atom. The predicted molar refractivity (Wildman–Crippen MR) is 64.9 cm³/mol. The van der Waals surface area contributed by atoms with Gasteiger partial charge in [-0.25, -0.2) is 0 Å². The SMILES string of the molecule is CCOC(OCC)C(OC)C(OCC)OCC. The van der Waals surface area contributed by atoms with Crippen LogP contribution in [0.3, 0.4) is 0 Å². The van der Waals surface area contributed by atoms with Gasteiger partial charge in [-0.15, -0.1) is 0 Å². The molecule has 0 aromatic heterocycles. The molecule has 0 atom stereocenters. The van der Waals surface area contributed by atoms with E-state index in [2.05, 4.69) is 0 Å². The zero-order valence-electron chi connectivity index (χ0n) is 11.6. The molecule has 0 fully saturated rings. The molecule has 0 radical (unpaired) electrons. The lowest BCUT2D eigenvalue weighted by atomic mass is 10.3. The highest BCUT2D eigenvalue weighted by atomic mass is 16.7. The Labute approximate surface area is 104 Å². The third-order valence-corrected chi connectivity index (χ3v) is 2.13. The summed E-state index contributed by atoms with van der Waals surface area (Å²) in [7, 11) is 1.60. The van der Waals surface area contributed by atoms with E-state index in [0.29, 0.717) is 26.4 Å². The Bertz CT molecular complexity index is 137. The lowest BCUT2D eigenvalue weighted by Gasteiger charge is -2.31. The van der Waals surface area contributed by atoms with Gasteiger partial charge in [0.05, 0.1) is 0 Å². The van der Waals surface area contributed by atoms with Crippen molar-refractivity contribution >= 4 is 0 Å². The smallest absolute Gasteiger partial charge is 0.188 e. The minimum Gasteiger partial charge on any atom is -0.371 e.